The highest BCUT2D eigenvalue weighted by Gasteiger charge is 2.19. The van der Waals surface area contributed by atoms with Gasteiger partial charge in [0.2, 0.25) is 11.8 Å². The summed E-state index contributed by atoms with van der Waals surface area (Å²) in [7, 11) is 0. The summed E-state index contributed by atoms with van der Waals surface area (Å²) in [6.07, 6.45) is 0.595. The third-order valence-corrected chi connectivity index (χ3v) is 3.08. The Morgan fingerprint density at radius 3 is 2.81 bits per heavy atom. The number of anilines is 1. The van der Waals surface area contributed by atoms with Gasteiger partial charge in [0.05, 0.1) is 6.42 Å². The highest BCUT2D eigenvalue weighted by Crippen LogP contribution is 2.23. The minimum absolute atomic E-state index is 0.0621. The second-order valence-electron chi connectivity index (χ2n) is 5.32. The van der Waals surface area contributed by atoms with Crippen LogP contribution in [0.4, 0.5) is 5.69 Å². The molecule has 0 saturated heterocycles. The maximum absolute atomic E-state index is 12.0. The Balaban J connectivity index is 1.86. The zero-order valence-electron chi connectivity index (χ0n) is 12.2. The summed E-state index contributed by atoms with van der Waals surface area (Å²) in [5, 5.41) is 8.16. The number of carbonyl (C=O) groups excluding carboxylic acids is 3. The number of benzene rings is 1. The van der Waals surface area contributed by atoms with Crippen LogP contribution in [0, 0.1) is 0 Å². The molecule has 6 nitrogen and oxygen atoms in total. The van der Waals surface area contributed by atoms with Gasteiger partial charge in [-0.25, -0.2) is 0 Å². The number of rotatable bonds is 5. The van der Waals surface area contributed by atoms with Crippen molar-refractivity contribution in [2.24, 2.45) is 0 Å². The molecule has 1 aliphatic heterocycles. The van der Waals surface area contributed by atoms with Crippen molar-refractivity contribution in [1.82, 2.24) is 10.6 Å². The number of fused-ring (bicyclic) bond motifs is 1. The van der Waals surface area contributed by atoms with E-state index < -0.39 is 0 Å². The summed E-state index contributed by atoms with van der Waals surface area (Å²) in [6, 6.07) is 5.20. The molecule has 3 N–H and O–H groups in total. The van der Waals surface area contributed by atoms with Crippen molar-refractivity contribution < 1.29 is 14.4 Å². The maximum atomic E-state index is 12.0. The predicted octanol–water partition coefficient (Wildman–Crippen LogP) is 0.826. The summed E-state index contributed by atoms with van der Waals surface area (Å²) >= 11 is 0. The van der Waals surface area contributed by atoms with Gasteiger partial charge >= 0.3 is 0 Å². The zero-order chi connectivity index (χ0) is 15.4. The lowest BCUT2D eigenvalue weighted by Crippen LogP contribution is -2.34. The topological polar surface area (TPSA) is 87.3 Å². The lowest BCUT2D eigenvalue weighted by molar-refractivity contribution is -0.121. The molecule has 0 aromatic heterocycles. The fourth-order valence-corrected chi connectivity index (χ4v) is 2.14. The summed E-state index contributed by atoms with van der Waals surface area (Å²) in [4.78, 5) is 34.7. The van der Waals surface area contributed by atoms with Gasteiger partial charge in [-0.15, -0.1) is 0 Å². The monoisotopic (exact) mass is 289 g/mol. The van der Waals surface area contributed by atoms with E-state index in [9.17, 15) is 14.4 Å². The molecule has 1 aromatic rings. The second kappa shape index (κ2) is 6.39. The van der Waals surface area contributed by atoms with Gasteiger partial charge in [-0.05, 0) is 31.5 Å². The molecule has 3 amide bonds. The third kappa shape index (κ3) is 4.05. The molecule has 0 radical (unpaired) electrons. The van der Waals surface area contributed by atoms with E-state index in [1.165, 1.54) is 0 Å². The second-order valence-corrected chi connectivity index (χ2v) is 5.32. The smallest absolute Gasteiger partial charge is 0.251 e. The minimum atomic E-state index is -0.253. The highest BCUT2D eigenvalue weighted by atomic mass is 16.2. The largest absolute Gasteiger partial charge is 0.354 e. The summed E-state index contributed by atoms with van der Waals surface area (Å²) in [6.45, 7) is 4.05. The average Bonchev–Trinajstić information content (AvgIpc) is 2.76. The minimum Gasteiger partial charge on any atom is -0.354 e. The molecule has 0 spiro atoms. The van der Waals surface area contributed by atoms with Crippen LogP contribution in [0.15, 0.2) is 18.2 Å². The normalized spacial score (nSPS) is 12.8. The Morgan fingerprint density at radius 1 is 1.33 bits per heavy atom. The standard InChI is InChI=1S/C15H19N3O3/c1-9(2)17-13(19)5-6-16-15(21)11-4-3-10-8-14(20)18-12(10)7-11/h3-4,7,9H,5-6,8H2,1-2H3,(H,16,21)(H,17,19)(H,18,20). The lowest BCUT2D eigenvalue weighted by Gasteiger charge is -2.09. The molecule has 112 valence electrons. The van der Waals surface area contributed by atoms with Gasteiger partial charge in [0.15, 0.2) is 0 Å². The van der Waals surface area contributed by atoms with Gasteiger partial charge in [0.25, 0.3) is 5.91 Å². The van der Waals surface area contributed by atoms with Crippen LogP contribution in [0.2, 0.25) is 0 Å². The first kappa shape index (κ1) is 15.0. The molecule has 1 aliphatic rings. The molecule has 0 aliphatic carbocycles. The van der Waals surface area contributed by atoms with Crippen LogP contribution in [-0.2, 0) is 16.0 Å². The molecule has 0 unspecified atom stereocenters. The van der Waals surface area contributed by atoms with Crippen LogP contribution in [-0.4, -0.2) is 30.3 Å². The lowest BCUT2D eigenvalue weighted by atomic mass is 10.1. The van der Waals surface area contributed by atoms with E-state index in [1.807, 2.05) is 13.8 Å². The average molecular weight is 289 g/mol. The molecule has 1 aromatic carbocycles. The van der Waals surface area contributed by atoms with E-state index in [0.717, 1.165) is 5.56 Å². The van der Waals surface area contributed by atoms with Gasteiger partial charge < -0.3 is 16.0 Å². The number of amides is 3. The summed E-state index contributed by atoms with van der Waals surface area (Å²) < 4.78 is 0. The Kier molecular flexibility index (Phi) is 4.57. The number of hydrogen-bond acceptors (Lipinski definition) is 3. The third-order valence-electron chi connectivity index (χ3n) is 3.08. The predicted molar refractivity (Wildman–Crippen MR) is 79.0 cm³/mol. The van der Waals surface area contributed by atoms with Crippen LogP contribution in [0.5, 0.6) is 0 Å². The first-order chi connectivity index (χ1) is 9.95. The molecule has 21 heavy (non-hydrogen) atoms. The van der Waals surface area contributed by atoms with Crippen molar-refractivity contribution in [3.05, 3.63) is 29.3 Å². The zero-order valence-corrected chi connectivity index (χ0v) is 12.2. The van der Waals surface area contributed by atoms with E-state index in [-0.39, 0.29) is 36.7 Å². The molecular formula is C15H19N3O3. The summed E-state index contributed by atoms with van der Waals surface area (Å²) in [5.74, 6) is -0.407. The summed E-state index contributed by atoms with van der Waals surface area (Å²) in [5.41, 5.74) is 2.05. The van der Waals surface area contributed by atoms with Crippen LogP contribution in [0.3, 0.4) is 0 Å². The highest BCUT2D eigenvalue weighted by molar-refractivity contribution is 6.02. The van der Waals surface area contributed by atoms with Crippen molar-refractivity contribution in [2.45, 2.75) is 32.7 Å². The number of nitrogens with one attached hydrogen (secondary N) is 3. The van der Waals surface area contributed by atoms with Crippen LogP contribution < -0.4 is 16.0 Å². The van der Waals surface area contributed by atoms with Gasteiger partial charge in [-0.1, -0.05) is 6.07 Å². The van der Waals surface area contributed by atoms with E-state index in [2.05, 4.69) is 16.0 Å². The van der Waals surface area contributed by atoms with Crippen LogP contribution in [0.1, 0.15) is 36.2 Å². The molecule has 0 bridgehead atoms. The Bertz CT molecular complexity index is 582. The van der Waals surface area contributed by atoms with Gasteiger partial charge in [0.1, 0.15) is 0 Å². The van der Waals surface area contributed by atoms with Gasteiger partial charge in [-0.3, -0.25) is 14.4 Å². The molecule has 2 rings (SSSR count). The van der Waals surface area contributed by atoms with E-state index >= 15 is 0 Å². The quantitative estimate of drug-likeness (QED) is 0.750. The molecule has 0 saturated carbocycles. The van der Waals surface area contributed by atoms with Crippen molar-refractivity contribution in [3.8, 4) is 0 Å². The Morgan fingerprint density at radius 2 is 2.10 bits per heavy atom. The van der Waals surface area contributed by atoms with Crippen molar-refractivity contribution in [3.63, 3.8) is 0 Å². The van der Waals surface area contributed by atoms with Crippen molar-refractivity contribution in [1.29, 1.82) is 0 Å². The fourth-order valence-electron chi connectivity index (χ4n) is 2.14. The van der Waals surface area contributed by atoms with E-state index in [0.29, 0.717) is 17.7 Å². The first-order valence-corrected chi connectivity index (χ1v) is 6.96. The van der Waals surface area contributed by atoms with E-state index in [4.69, 9.17) is 0 Å². The molecule has 1 heterocycles. The Hall–Kier alpha value is -2.37. The van der Waals surface area contributed by atoms with Crippen molar-refractivity contribution >= 4 is 23.4 Å². The van der Waals surface area contributed by atoms with Crippen molar-refractivity contribution in [2.75, 3.05) is 11.9 Å². The first-order valence-electron chi connectivity index (χ1n) is 6.96. The number of carbonyl (C=O) groups is 3. The van der Waals surface area contributed by atoms with Crippen LogP contribution in [0.25, 0.3) is 0 Å². The van der Waals surface area contributed by atoms with Gasteiger partial charge in [-0.2, -0.15) is 0 Å². The molecule has 0 atom stereocenters. The molecule has 0 fully saturated rings. The van der Waals surface area contributed by atoms with E-state index in [1.54, 1.807) is 18.2 Å². The fraction of sp³-hybridized carbons (Fsp3) is 0.400. The molecule has 6 heteroatoms. The molecular weight excluding hydrogens is 270 g/mol. The van der Waals surface area contributed by atoms with Crippen LogP contribution >= 0.6 is 0 Å². The van der Waals surface area contributed by atoms with Gasteiger partial charge in [0, 0.05) is 30.3 Å². The maximum Gasteiger partial charge on any atom is 0.251 e. The Labute approximate surface area is 123 Å². The number of hydrogen-bond donors (Lipinski definition) is 3. The SMILES string of the molecule is CC(C)NC(=O)CCNC(=O)c1ccc2c(c1)NC(=O)C2.